The lowest BCUT2D eigenvalue weighted by Crippen LogP contribution is -2.25. The van der Waals surface area contributed by atoms with Gasteiger partial charge in [0, 0.05) is 25.6 Å². The molecular formula is C14H15Cl2NO2S. The number of aryl methyl sites for hydroxylation is 1. The molecule has 3 nitrogen and oxygen atoms in total. The van der Waals surface area contributed by atoms with Crippen molar-refractivity contribution in [1.29, 1.82) is 0 Å². The van der Waals surface area contributed by atoms with Gasteiger partial charge in [-0.15, -0.1) is 0 Å². The van der Waals surface area contributed by atoms with Gasteiger partial charge in [0.1, 0.15) is 0 Å². The smallest absolute Gasteiger partial charge is 0.227 e. The normalized spacial score (nSPS) is 18.7. The molecule has 1 heterocycles. The lowest BCUT2D eigenvalue weighted by Gasteiger charge is -2.20. The summed E-state index contributed by atoms with van der Waals surface area (Å²) in [5.41, 5.74) is 1.48. The predicted molar refractivity (Wildman–Crippen MR) is 84.8 cm³/mol. The Kier molecular flexibility index (Phi) is 4.99. The number of benzene rings is 1. The summed E-state index contributed by atoms with van der Waals surface area (Å²) >= 11 is 13.7. The standard InChI is InChI=1S/C14H15Cl2NO2S/c1-8-3-4-11(15)14(13(8)16)17-6-10(5-12(17)19)7-20-9(2)18/h3-4,10H,5-7H2,1-2H3. The Hall–Kier alpha value is -0.710. The number of halogens is 2. The molecule has 1 atom stereocenters. The van der Waals surface area contributed by atoms with Crippen LogP contribution < -0.4 is 4.90 Å². The second-order valence-electron chi connectivity index (χ2n) is 4.90. The van der Waals surface area contributed by atoms with Gasteiger partial charge in [-0.25, -0.2) is 0 Å². The molecule has 20 heavy (non-hydrogen) atoms. The Morgan fingerprint density at radius 3 is 2.80 bits per heavy atom. The molecule has 1 aromatic carbocycles. The molecule has 1 aliphatic rings. The van der Waals surface area contributed by atoms with Gasteiger partial charge >= 0.3 is 0 Å². The van der Waals surface area contributed by atoms with Crippen LogP contribution in [-0.2, 0) is 9.59 Å². The highest BCUT2D eigenvalue weighted by atomic mass is 35.5. The van der Waals surface area contributed by atoms with Crippen molar-refractivity contribution in [2.75, 3.05) is 17.2 Å². The van der Waals surface area contributed by atoms with Crippen LogP contribution in [0.2, 0.25) is 10.0 Å². The second kappa shape index (κ2) is 6.37. The highest BCUT2D eigenvalue weighted by molar-refractivity contribution is 8.13. The number of nitrogens with zero attached hydrogens (tertiary/aromatic N) is 1. The first kappa shape index (κ1) is 15.7. The average Bonchev–Trinajstić information content (AvgIpc) is 2.74. The van der Waals surface area contributed by atoms with Gasteiger partial charge in [-0.1, -0.05) is 41.0 Å². The van der Waals surface area contributed by atoms with Gasteiger partial charge in [-0.05, 0) is 24.5 Å². The monoisotopic (exact) mass is 331 g/mol. The molecule has 0 saturated carbocycles. The maximum absolute atomic E-state index is 12.2. The second-order valence-corrected chi connectivity index (χ2v) is 6.89. The van der Waals surface area contributed by atoms with E-state index in [9.17, 15) is 9.59 Å². The summed E-state index contributed by atoms with van der Waals surface area (Å²) in [5.74, 6) is 0.816. The number of hydrogen-bond acceptors (Lipinski definition) is 3. The first-order valence-electron chi connectivity index (χ1n) is 6.28. The summed E-state index contributed by atoms with van der Waals surface area (Å²) in [4.78, 5) is 24.8. The quantitative estimate of drug-likeness (QED) is 0.841. The molecular weight excluding hydrogens is 317 g/mol. The molecule has 0 bridgehead atoms. The largest absolute Gasteiger partial charge is 0.309 e. The SMILES string of the molecule is CC(=O)SCC1CC(=O)N(c2c(Cl)ccc(C)c2Cl)C1. The number of anilines is 1. The lowest BCUT2D eigenvalue weighted by atomic mass is 10.1. The third-order valence-corrected chi connectivity index (χ3v) is 5.08. The Morgan fingerprint density at radius 1 is 1.45 bits per heavy atom. The Morgan fingerprint density at radius 2 is 2.15 bits per heavy atom. The van der Waals surface area contributed by atoms with Crippen molar-refractivity contribution in [3.05, 3.63) is 27.7 Å². The van der Waals surface area contributed by atoms with Crippen LogP contribution in [0.25, 0.3) is 0 Å². The number of carbonyl (C=O) groups excluding carboxylic acids is 2. The van der Waals surface area contributed by atoms with Crippen LogP contribution in [0, 0.1) is 12.8 Å². The van der Waals surface area contributed by atoms with E-state index < -0.39 is 0 Å². The van der Waals surface area contributed by atoms with Gasteiger partial charge in [0.25, 0.3) is 0 Å². The summed E-state index contributed by atoms with van der Waals surface area (Å²) in [6.07, 6.45) is 0.431. The maximum atomic E-state index is 12.2. The van der Waals surface area contributed by atoms with Crippen molar-refractivity contribution < 1.29 is 9.59 Å². The van der Waals surface area contributed by atoms with Crippen LogP contribution in [0.15, 0.2) is 12.1 Å². The van der Waals surface area contributed by atoms with Crippen LogP contribution in [0.1, 0.15) is 18.9 Å². The molecule has 0 N–H and O–H groups in total. The van der Waals surface area contributed by atoms with Crippen LogP contribution in [-0.4, -0.2) is 23.3 Å². The van der Waals surface area contributed by atoms with E-state index in [2.05, 4.69) is 0 Å². The highest BCUT2D eigenvalue weighted by Gasteiger charge is 2.33. The summed E-state index contributed by atoms with van der Waals surface area (Å²) in [7, 11) is 0. The maximum Gasteiger partial charge on any atom is 0.227 e. The van der Waals surface area contributed by atoms with E-state index >= 15 is 0 Å². The van der Waals surface area contributed by atoms with Crippen molar-refractivity contribution >= 4 is 51.7 Å². The van der Waals surface area contributed by atoms with Crippen molar-refractivity contribution in [3.8, 4) is 0 Å². The van der Waals surface area contributed by atoms with E-state index in [0.717, 1.165) is 5.56 Å². The first-order chi connectivity index (χ1) is 9.40. The van der Waals surface area contributed by atoms with E-state index in [1.54, 1.807) is 11.0 Å². The molecule has 0 aliphatic carbocycles. The Bertz CT molecular complexity index is 562. The van der Waals surface area contributed by atoms with Gasteiger partial charge < -0.3 is 4.90 Å². The molecule has 0 radical (unpaired) electrons. The molecule has 108 valence electrons. The van der Waals surface area contributed by atoms with Crippen molar-refractivity contribution in [3.63, 3.8) is 0 Å². The molecule has 1 aromatic rings. The lowest BCUT2D eigenvalue weighted by molar-refractivity contribution is -0.117. The highest BCUT2D eigenvalue weighted by Crippen LogP contribution is 2.39. The van der Waals surface area contributed by atoms with E-state index in [1.807, 2.05) is 13.0 Å². The zero-order valence-corrected chi connectivity index (χ0v) is 13.6. The summed E-state index contributed by atoms with van der Waals surface area (Å²) in [6, 6.07) is 3.58. The number of thioether (sulfide) groups is 1. The number of carbonyl (C=O) groups is 2. The van der Waals surface area contributed by atoms with Gasteiger partial charge in [0.05, 0.1) is 15.7 Å². The molecule has 1 saturated heterocycles. The summed E-state index contributed by atoms with van der Waals surface area (Å²) in [5, 5.41) is 1.07. The minimum absolute atomic E-state index is 0.00792. The first-order valence-corrected chi connectivity index (χ1v) is 8.02. The topological polar surface area (TPSA) is 37.4 Å². The van der Waals surface area contributed by atoms with Crippen LogP contribution in [0.3, 0.4) is 0 Å². The van der Waals surface area contributed by atoms with Crippen molar-refractivity contribution in [2.45, 2.75) is 20.3 Å². The molecule has 1 amide bonds. The molecule has 0 spiro atoms. The summed E-state index contributed by atoms with van der Waals surface area (Å²) < 4.78 is 0. The molecule has 1 aliphatic heterocycles. The van der Waals surface area contributed by atoms with Gasteiger partial charge in [0.2, 0.25) is 5.91 Å². The minimum Gasteiger partial charge on any atom is -0.309 e. The van der Waals surface area contributed by atoms with Crippen molar-refractivity contribution in [1.82, 2.24) is 0 Å². The van der Waals surface area contributed by atoms with Crippen LogP contribution in [0.4, 0.5) is 5.69 Å². The zero-order valence-electron chi connectivity index (χ0n) is 11.3. The van der Waals surface area contributed by atoms with Crippen LogP contribution in [0.5, 0.6) is 0 Å². The zero-order chi connectivity index (χ0) is 14.9. The fourth-order valence-electron chi connectivity index (χ4n) is 2.23. The third-order valence-electron chi connectivity index (χ3n) is 3.26. The minimum atomic E-state index is 0.00792. The molecule has 1 fully saturated rings. The third kappa shape index (κ3) is 3.30. The van der Waals surface area contributed by atoms with E-state index in [-0.39, 0.29) is 16.9 Å². The molecule has 0 aromatic heterocycles. The van der Waals surface area contributed by atoms with Crippen LogP contribution >= 0.6 is 35.0 Å². The Balaban J connectivity index is 2.20. The van der Waals surface area contributed by atoms with E-state index in [1.165, 1.54) is 18.7 Å². The van der Waals surface area contributed by atoms with Gasteiger partial charge in [-0.3, -0.25) is 9.59 Å². The number of amides is 1. The average molecular weight is 332 g/mol. The van der Waals surface area contributed by atoms with Gasteiger partial charge in [0.15, 0.2) is 5.12 Å². The van der Waals surface area contributed by atoms with E-state index in [0.29, 0.717) is 34.5 Å². The van der Waals surface area contributed by atoms with Crippen molar-refractivity contribution in [2.24, 2.45) is 5.92 Å². The molecule has 6 heteroatoms. The molecule has 1 unspecified atom stereocenters. The summed E-state index contributed by atoms with van der Waals surface area (Å²) in [6.45, 7) is 3.97. The fourth-order valence-corrected chi connectivity index (χ4v) is 3.50. The number of rotatable bonds is 3. The predicted octanol–water partition coefficient (Wildman–Crippen LogP) is 3.93. The number of hydrogen-bond donors (Lipinski definition) is 0. The fraction of sp³-hybridized carbons (Fsp3) is 0.429. The Labute approximate surface area is 132 Å². The van der Waals surface area contributed by atoms with Gasteiger partial charge in [-0.2, -0.15) is 0 Å². The van der Waals surface area contributed by atoms with E-state index in [4.69, 9.17) is 23.2 Å². The molecule has 2 rings (SSSR count).